The van der Waals surface area contributed by atoms with Crippen LogP contribution in [0, 0.1) is 13.8 Å². The Morgan fingerprint density at radius 1 is 0.923 bits per heavy atom. The number of hydrogen-bond acceptors (Lipinski definition) is 0. The van der Waals surface area contributed by atoms with Crippen molar-refractivity contribution in [3.63, 3.8) is 0 Å². The fraction of sp³-hybridized carbons (Fsp3) is 0.700. The molecule has 2 heterocycles. The molecule has 1 aliphatic heterocycles. The fourth-order valence-electron chi connectivity index (χ4n) is 1.63. The molecule has 3 heteroatoms. The maximum atomic E-state index is 2.68. The van der Waals surface area contributed by atoms with Gasteiger partial charge in [-0.3, -0.25) is 0 Å². The average molecular weight is 309 g/mol. The summed E-state index contributed by atoms with van der Waals surface area (Å²) in [5.41, 5.74) is 0. The molecule has 0 bridgehead atoms. The molecule has 0 spiro atoms. The zero-order chi connectivity index (χ0) is 9.26. The van der Waals surface area contributed by atoms with Crippen LogP contribution in [0.5, 0.6) is 0 Å². The third kappa shape index (κ3) is 2.27. The Bertz CT molecular complexity index is 329. The van der Waals surface area contributed by atoms with Crippen LogP contribution in [-0.2, 0) is 0 Å². The molecule has 0 N–H and O–H groups in total. The van der Waals surface area contributed by atoms with Crippen LogP contribution < -0.4 is 7.68 Å². The van der Waals surface area contributed by atoms with Crippen LogP contribution in [0.2, 0.25) is 0 Å². The number of piperidine rings is 1. The van der Waals surface area contributed by atoms with Gasteiger partial charge in [0.1, 0.15) is 0 Å². The first kappa shape index (κ1) is 9.98. The van der Waals surface area contributed by atoms with Gasteiger partial charge in [0.25, 0.3) is 0 Å². The van der Waals surface area contributed by atoms with Crippen molar-refractivity contribution >= 4 is 29.0 Å². The molecule has 1 nitrogen and oxygen atoms in total. The second-order valence-electron chi connectivity index (χ2n) is 3.63. The van der Waals surface area contributed by atoms with E-state index < -0.39 is 0 Å². The first-order valence-corrected chi connectivity index (χ1v) is 8.35. The van der Waals surface area contributed by atoms with E-state index in [2.05, 4.69) is 18.4 Å². The zero-order valence-corrected chi connectivity index (χ0v) is 11.7. The van der Waals surface area contributed by atoms with E-state index in [9.17, 15) is 0 Å². The Morgan fingerprint density at radius 3 is 2.00 bits per heavy atom. The van der Waals surface area contributed by atoms with E-state index in [1.807, 2.05) is 3.11 Å². The van der Waals surface area contributed by atoms with E-state index in [1.165, 1.54) is 32.4 Å². The normalized spacial score (nSPS) is 17.8. The van der Waals surface area contributed by atoms with E-state index in [1.54, 1.807) is 8.87 Å². The summed E-state index contributed by atoms with van der Waals surface area (Å²) < 4.78 is 7.90. The third-order valence-electron chi connectivity index (χ3n) is 2.59. The molecular weight excluding hydrogens is 293 g/mol. The topological polar surface area (TPSA) is 3.01 Å². The Morgan fingerprint density at radius 2 is 1.46 bits per heavy atom. The van der Waals surface area contributed by atoms with Crippen LogP contribution in [0.15, 0.2) is 0 Å². The molecule has 1 aliphatic rings. The Hall–Kier alpha value is 0.449. The van der Waals surface area contributed by atoms with Gasteiger partial charge in [-0.15, -0.1) is 0 Å². The first-order chi connectivity index (χ1) is 6.27. The van der Waals surface area contributed by atoms with Gasteiger partial charge in [0.05, 0.1) is 0 Å². The molecule has 13 heavy (non-hydrogen) atoms. The molecule has 0 aliphatic carbocycles. The van der Waals surface area contributed by atoms with Crippen molar-refractivity contribution in [2.75, 3.05) is 13.1 Å². The van der Waals surface area contributed by atoms with Gasteiger partial charge in [0.2, 0.25) is 0 Å². The van der Waals surface area contributed by atoms with Crippen LogP contribution >= 0.6 is 0 Å². The fourth-order valence-corrected chi connectivity index (χ4v) is 8.82. The molecule has 1 aromatic rings. The summed E-state index contributed by atoms with van der Waals surface area (Å²) >= 11 is 1.45. The molecule has 0 radical (unpaired) electrons. The van der Waals surface area contributed by atoms with Gasteiger partial charge in [-0.2, -0.15) is 0 Å². The van der Waals surface area contributed by atoms with Crippen molar-refractivity contribution in [2.45, 2.75) is 33.1 Å². The maximum absolute atomic E-state index is 2.68. The minimum atomic E-state index is 0.724. The van der Waals surface area contributed by atoms with Gasteiger partial charge in [0, 0.05) is 0 Å². The monoisotopic (exact) mass is 311 g/mol. The van der Waals surface area contributed by atoms with Crippen molar-refractivity contribution in [3.8, 4) is 0 Å². The van der Waals surface area contributed by atoms with Crippen LogP contribution in [0.25, 0.3) is 0 Å². The summed E-state index contributed by atoms with van der Waals surface area (Å²) in [5.74, 6) is 0. The van der Waals surface area contributed by atoms with Crippen LogP contribution in [0.3, 0.4) is 0 Å². The van der Waals surface area contributed by atoms with E-state index in [-0.39, 0.29) is 0 Å². The second kappa shape index (κ2) is 4.31. The molecule has 1 saturated heterocycles. The molecule has 0 aromatic carbocycles. The average Bonchev–Trinajstić information content (AvgIpc) is 2.49. The molecule has 0 atom stereocenters. The summed E-state index contributed by atoms with van der Waals surface area (Å²) in [4.78, 5) is 0. The number of hydrogen-bond donors (Lipinski definition) is 0. The molecule has 0 amide bonds. The second-order valence-corrected chi connectivity index (χ2v) is 9.99. The Labute approximate surface area is 91.6 Å². The van der Waals surface area contributed by atoms with E-state index in [4.69, 9.17) is 0 Å². The molecule has 0 saturated carbocycles. The summed E-state index contributed by atoms with van der Waals surface area (Å²) in [6.45, 7) is 7.35. The van der Waals surface area contributed by atoms with Crippen molar-refractivity contribution in [1.29, 1.82) is 0 Å². The van der Waals surface area contributed by atoms with Crippen LogP contribution in [0.1, 0.15) is 28.1 Å². The van der Waals surface area contributed by atoms with Crippen LogP contribution in [-0.4, -0.2) is 42.1 Å². The first-order valence-electron chi connectivity index (χ1n) is 4.92. The van der Waals surface area contributed by atoms with Crippen molar-refractivity contribution in [2.24, 2.45) is 0 Å². The molecule has 0 unspecified atom stereocenters. The van der Waals surface area contributed by atoms with Gasteiger partial charge in [-0.1, -0.05) is 0 Å². The standard InChI is InChI=1S/C10H16NSe2/c1-8-9(2)13-10(12-8)11-6-4-3-5-7-11/h3-7H2,1-2H3/q+1/i10+1. The molecular formula is C10H16NSe2+. The molecule has 1 aromatic heterocycles. The number of aryl methyl sites for hydroxylation is 2. The Balaban J connectivity index is 2.40. The SMILES string of the molecule is Cc1[se][13c](=[N+]2CCCCC2)[se]c1C. The summed E-state index contributed by atoms with van der Waals surface area (Å²) in [6, 6.07) is 0. The van der Waals surface area contributed by atoms with Crippen molar-refractivity contribution in [3.05, 3.63) is 12.0 Å². The van der Waals surface area contributed by atoms with E-state index in [0.717, 1.165) is 29.0 Å². The quantitative estimate of drug-likeness (QED) is 0.481. The van der Waals surface area contributed by atoms with Gasteiger partial charge >= 0.3 is 91.8 Å². The Kier molecular flexibility index (Phi) is 3.31. The number of nitrogens with zero attached hydrogens (tertiary/aromatic N) is 1. The van der Waals surface area contributed by atoms with Crippen LogP contribution in [0.4, 0.5) is 0 Å². The molecule has 1 fully saturated rings. The molecule has 72 valence electrons. The van der Waals surface area contributed by atoms with Gasteiger partial charge in [-0.05, 0) is 0 Å². The van der Waals surface area contributed by atoms with Gasteiger partial charge in [0.15, 0.2) is 0 Å². The van der Waals surface area contributed by atoms with E-state index in [0.29, 0.717) is 0 Å². The number of rotatable bonds is 0. The minimum absolute atomic E-state index is 0.724. The predicted molar refractivity (Wildman–Crippen MR) is 58.7 cm³/mol. The van der Waals surface area contributed by atoms with E-state index >= 15 is 0 Å². The summed E-state index contributed by atoms with van der Waals surface area (Å²) in [6.07, 6.45) is 4.30. The molecule has 2 rings (SSSR count). The summed E-state index contributed by atoms with van der Waals surface area (Å²) in [5, 5.41) is 0. The van der Waals surface area contributed by atoms with Gasteiger partial charge < -0.3 is 0 Å². The van der Waals surface area contributed by atoms with Crippen molar-refractivity contribution < 1.29 is 0 Å². The van der Waals surface area contributed by atoms with Gasteiger partial charge in [-0.25, -0.2) is 0 Å². The predicted octanol–water partition coefficient (Wildman–Crippen LogP) is 0.374. The van der Waals surface area contributed by atoms with Crippen molar-refractivity contribution in [1.82, 2.24) is 4.58 Å². The zero-order valence-electron chi connectivity index (χ0n) is 8.30. The summed E-state index contributed by atoms with van der Waals surface area (Å²) in [7, 11) is 0. The third-order valence-corrected chi connectivity index (χ3v) is 9.45.